The lowest BCUT2D eigenvalue weighted by atomic mass is 10.3. The van der Waals surface area contributed by atoms with Crippen LogP contribution in [-0.4, -0.2) is 26.9 Å². The van der Waals surface area contributed by atoms with Crippen molar-refractivity contribution in [3.63, 3.8) is 0 Å². The molecule has 1 aliphatic rings. The van der Waals surface area contributed by atoms with Crippen molar-refractivity contribution < 1.29 is 9.22 Å². The van der Waals surface area contributed by atoms with Crippen molar-refractivity contribution in [2.24, 2.45) is 0 Å². The minimum Gasteiger partial charge on any atom is -0.406 e. The minimum atomic E-state index is -1.52. The van der Waals surface area contributed by atoms with Crippen LogP contribution in [0, 0.1) is 0 Å². The highest BCUT2D eigenvalue weighted by Crippen LogP contribution is 2.12. The third kappa shape index (κ3) is 2.63. The molecule has 1 aliphatic heterocycles. The number of hydrogen-bond acceptors (Lipinski definition) is 2. The Morgan fingerprint density at radius 2 is 2.18 bits per heavy atom. The molecule has 0 saturated carbocycles. The van der Waals surface area contributed by atoms with Gasteiger partial charge in [0.15, 0.2) is 8.32 Å². The van der Waals surface area contributed by atoms with Gasteiger partial charge in [0.25, 0.3) is 0 Å². The highest BCUT2D eigenvalue weighted by Gasteiger charge is 2.29. The van der Waals surface area contributed by atoms with E-state index in [2.05, 4.69) is 25.0 Å². The van der Waals surface area contributed by atoms with Gasteiger partial charge in [0.2, 0.25) is 5.91 Å². The van der Waals surface area contributed by atoms with Crippen LogP contribution in [0.25, 0.3) is 0 Å². The second-order valence-corrected chi connectivity index (χ2v) is 8.26. The molecule has 64 valence electrons. The number of rotatable bonds is 2. The first-order valence-corrected chi connectivity index (χ1v) is 7.35. The van der Waals surface area contributed by atoms with E-state index < -0.39 is 8.32 Å². The average molecular weight is 173 g/mol. The molecule has 1 atom stereocenters. The van der Waals surface area contributed by atoms with E-state index in [9.17, 15) is 4.79 Å². The molecule has 1 rings (SSSR count). The Morgan fingerprint density at radius 1 is 1.55 bits per heavy atom. The fraction of sp³-hybridized carbons (Fsp3) is 0.857. The lowest BCUT2D eigenvalue weighted by Gasteiger charge is -2.20. The summed E-state index contributed by atoms with van der Waals surface area (Å²) in [5.74, 6) is 0.0624. The van der Waals surface area contributed by atoms with Crippen LogP contribution >= 0.6 is 0 Å². The molecule has 3 nitrogen and oxygen atoms in total. The molecule has 0 radical (unpaired) electrons. The molecular weight excluding hydrogens is 158 g/mol. The summed E-state index contributed by atoms with van der Waals surface area (Å²) < 4.78 is 5.64. The van der Waals surface area contributed by atoms with Crippen molar-refractivity contribution in [1.29, 1.82) is 0 Å². The molecule has 0 aromatic carbocycles. The van der Waals surface area contributed by atoms with Gasteiger partial charge >= 0.3 is 0 Å². The van der Waals surface area contributed by atoms with E-state index in [-0.39, 0.29) is 12.0 Å². The second-order valence-electron chi connectivity index (χ2n) is 3.80. The molecule has 11 heavy (non-hydrogen) atoms. The minimum absolute atomic E-state index is 0.0624. The third-order valence-electron chi connectivity index (χ3n) is 1.49. The summed E-state index contributed by atoms with van der Waals surface area (Å²) in [4.78, 5) is 11.0. The van der Waals surface area contributed by atoms with Gasteiger partial charge in [0.1, 0.15) is 6.10 Å². The largest absolute Gasteiger partial charge is 0.406 e. The van der Waals surface area contributed by atoms with Crippen molar-refractivity contribution in [2.45, 2.75) is 32.2 Å². The van der Waals surface area contributed by atoms with Crippen LogP contribution in [0.1, 0.15) is 6.42 Å². The summed E-state index contributed by atoms with van der Waals surface area (Å²) in [7, 11) is -1.52. The summed E-state index contributed by atoms with van der Waals surface area (Å²) in [5.41, 5.74) is 0. The van der Waals surface area contributed by atoms with Gasteiger partial charge in [-0.1, -0.05) is 0 Å². The number of hydrogen-bond donors (Lipinski definition) is 1. The molecule has 1 amide bonds. The van der Waals surface area contributed by atoms with Crippen LogP contribution in [0.3, 0.4) is 0 Å². The van der Waals surface area contributed by atoms with Gasteiger partial charge in [-0.3, -0.25) is 4.79 Å². The Balaban J connectivity index is 2.43. The van der Waals surface area contributed by atoms with E-state index >= 15 is 0 Å². The van der Waals surface area contributed by atoms with Crippen molar-refractivity contribution in [2.75, 3.05) is 6.54 Å². The molecule has 1 N–H and O–H groups in total. The quantitative estimate of drug-likeness (QED) is 0.625. The van der Waals surface area contributed by atoms with Gasteiger partial charge in [-0.25, -0.2) is 0 Å². The van der Waals surface area contributed by atoms with Crippen LogP contribution in [0.5, 0.6) is 0 Å². The molecule has 0 aromatic rings. The normalized spacial score (nSPS) is 25.4. The van der Waals surface area contributed by atoms with E-state index in [4.69, 9.17) is 4.43 Å². The van der Waals surface area contributed by atoms with Gasteiger partial charge in [-0.15, -0.1) is 0 Å². The zero-order chi connectivity index (χ0) is 8.48. The van der Waals surface area contributed by atoms with E-state index in [0.717, 1.165) is 13.0 Å². The number of carbonyl (C=O) groups excluding carboxylic acids is 1. The number of nitrogens with one attached hydrogen (secondary N) is 1. The van der Waals surface area contributed by atoms with Gasteiger partial charge in [-0.2, -0.15) is 0 Å². The predicted molar refractivity (Wildman–Crippen MR) is 45.8 cm³/mol. The lowest BCUT2D eigenvalue weighted by molar-refractivity contribution is -0.125. The van der Waals surface area contributed by atoms with Crippen LogP contribution in [0.4, 0.5) is 0 Å². The van der Waals surface area contributed by atoms with E-state index in [1.165, 1.54) is 0 Å². The fourth-order valence-electron chi connectivity index (χ4n) is 1.11. The van der Waals surface area contributed by atoms with Crippen LogP contribution < -0.4 is 5.32 Å². The van der Waals surface area contributed by atoms with Crippen LogP contribution in [0.15, 0.2) is 0 Å². The van der Waals surface area contributed by atoms with Gasteiger partial charge in [0.05, 0.1) is 0 Å². The highest BCUT2D eigenvalue weighted by molar-refractivity contribution is 6.69. The Labute approximate surface area is 68.3 Å². The molecule has 1 saturated heterocycles. The van der Waals surface area contributed by atoms with E-state index in [1.807, 2.05) is 0 Å². The summed E-state index contributed by atoms with van der Waals surface area (Å²) >= 11 is 0. The Hall–Kier alpha value is -0.353. The molecule has 0 spiro atoms. The van der Waals surface area contributed by atoms with Gasteiger partial charge in [0, 0.05) is 6.54 Å². The Kier molecular flexibility index (Phi) is 2.34. The maximum atomic E-state index is 11.0. The van der Waals surface area contributed by atoms with Gasteiger partial charge < -0.3 is 9.74 Å². The molecule has 0 bridgehead atoms. The van der Waals surface area contributed by atoms with E-state index in [0.29, 0.717) is 0 Å². The molecular formula is C7H15NO2Si. The summed E-state index contributed by atoms with van der Waals surface area (Å²) in [6.07, 6.45) is 0.671. The molecule has 4 heteroatoms. The van der Waals surface area contributed by atoms with Crippen molar-refractivity contribution in [1.82, 2.24) is 5.32 Å². The summed E-state index contributed by atoms with van der Waals surface area (Å²) in [6.45, 7) is 7.06. The molecule has 0 aromatic heterocycles. The predicted octanol–water partition coefficient (Wildman–Crippen LogP) is 0.726. The first-order chi connectivity index (χ1) is 4.99. The maximum absolute atomic E-state index is 11.0. The van der Waals surface area contributed by atoms with Crippen molar-refractivity contribution in [3.8, 4) is 0 Å². The molecule has 0 unspecified atom stereocenters. The van der Waals surface area contributed by atoms with Crippen LogP contribution in [0.2, 0.25) is 19.6 Å². The first kappa shape index (κ1) is 8.74. The SMILES string of the molecule is C[Si](C)(C)O[C@@H]1CCNC1=O. The highest BCUT2D eigenvalue weighted by atomic mass is 28.4. The lowest BCUT2D eigenvalue weighted by Crippen LogP contribution is -2.36. The zero-order valence-corrected chi connectivity index (χ0v) is 8.31. The maximum Gasteiger partial charge on any atom is 0.247 e. The van der Waals surface area contributed by atoms with Gasteiger partial charge in [-0.05, 0) is 26.1 Å². The number of carbonyl (C=O) groups is 1. The topological polar surface area (TPSA) is 38.3 Å². The molecule has 1 fully saturated rings. The Morgan fingerprint density at radius 3 is 2.55 bits per heavy atom. The monoisotopic (exact) mass is 173 g/mol. The third-order valence-corrected chi connectivity index (χ3v) is 2.49. The van der Waals surface area contributed by atoms with Crippen molar-refractivity contribution >= 4 is 14.2 Å². The summed E-state index contributed by atoms with van der Waals surface area (Å²) in [5, 5.41) is 2.75. The average Bonchev–Trinajstić information content (AvgIpc) is 2.12. The van der Waals surface area contributed by atoms with Crippen molar-refractivity contribution in [3.05, 3.63) is 0 Å². The first-order valence-electron chi connectivity index (χ1n) is 3.94. The summed E-state index contributed by atoms with van der Waals surface area (Å²) in [6, 6.07) is 0. The second kappa shape index (κ2) is 2.95. The fourth-order valence-corrected chi connectivity index (χ4v) is 2.19. The standard InChI is InChI=1S/C7H15NO2Si/c1-11(2,3)10-6-4-5-8-7(6)9/h6H,4-5H2,1-3H3,(H,8,9)/t6-/m1/s1. The van der Waals surface area contributed by atoms with Crippen LogP contribution in [-0.2, 0) is 9.22 Å². The smallest absolute Gasteiger partial charge is 0.247 e. The van der Waals surface area contributed by atoms with E-state index in [1.54, 1.807) is 0 Å². The molecule has 0 aliphatic carbocycles. The Bertz CT molecular complexity index is 164. The number of amides is 1. The molecule has 1 heterocycles. The zero-order valence-electron chi connectivity index (χ0n) is 7.31.